The van der Waals surface area contributed by atoms with Crippen LogP contribution >= 0.6 is 27.3 Å². The lowest BCUT2D eigenvalue weighted by Gasteiger charge is -2.10. The van der Waals surface area contributed by atoms with Crippen molar-refractivity contribution in [3.63, 3.8) is 0 Å². The molecule has 100 valence electrons. The Balaban J connectivity index is 1.95. The van der Waals surface area contributed by atoms with Gasteiger partial charge in [0.15, 0.2) is 5.13 Å². The molecule has 1 amide bonds. The number of alkyl halides is 1. The fraction of sp³-hybridized carbons (Fsp3) is 0.385. The van der Waals surface area contributed by atoms with Crippen LogP contribution in [0.1, 0.15) is 13.3 Å². The van der Waals surface area contributed by atoms with Crippen molar-refractivity contribution in [3.8, 4) is 5.75 Å². The van der Waals surface area contributed by atoms with Gasteiger partial charge in [-0.05, 0) is 25.1 Å². The van der Waals surface area contributed by atoms with Crippen LogP contribution in [-0.2, 0) is 4.79 Å². The second-order valence-electron chi connectivity index (χ2n) is 4.36. The number of benzene rings is 1. The topological polar surface area (TPSA) is 42.4 Å². The molecule has 1 aromatic carbocycles. The van der Waals surface area contributed by atoms with E-state index in [9.17, 15) is 4.79 Å². The first kappa shape index (κ1) is 12.9. The van der Waals surface area contributed by atoms with Crippen molar-refractivity contribution in [2.45, 2.75) is 18.2 Å². The molecule has 0 bridgehead atoms. The summed E-state index contributed by atoms with van der Waals surface area (Å²) in [7, 11) is 0. The van der Waals surface area contributed by atoms with Crippen molar-refractivity contribution in [2.24, 2.45) is 0 Å². The molecule has 4 nitrogen and oxygen atoms in total. The molecule has 2 heterocycles. The summed E-state index contributed by atoms with van der Waals surface area (Å²) in [6.07, 6.45) is 0.542. The Kier molecular flexibility index (Phi) is 3.45. The van der Waals surface area contributed by atoms with Gasteiger partial charge < -0.3 is 4.74 Å². The zero-order valence-electron chi connectivity index (χ0n) is 10.4. The van der Waals surface area contributed by atoms with Crippen LogP contribution in [0.15, 0.2) is 18.2 Å². The van der Waals surface area contributed by atoms with E-state index in [2.05, 4.69) is 20.9 Å². The summed E-state index contributed by atoms with van der Waals surface area (Å²) in [6, 6.07) is 5.83. The monoisotopic (exact) mass is 340 g/mol. The molecule has 2 aromatic rings. The summed E-state index contributed by atoms with van der Waals surface area (Å²) in [4.78, 5) is 18.4. The van der Waals surface area contributed by atoms with Gasteiger partial charge >= 0.3 is 0 Å². The SMILES string of the molecule is CCOc1ccc2nc(N3CC(Br)CC3=O)sc2c1. The zero-order chi connectivity index (χ0) is 13.4. The average Bonchev–Trinajstić information content (AvgIpc) is 2.92. The second kappa shape index (κ2) is 5.09. The molecule has 1 aromatic heterocycles. The van der Waals surface area contributed by atoms with Crippen molar-refractivity contribution in [1.82, 2.24) is 4.98 Å². The van der Waals surface area contributed by atoms with E-state index in [0.717, 1.165) is 21.1 Å². The molecule has 1 unspecified atom stereocenters. The fourth-order valence-corrected chi connectivity index (χ4v) is 3.70. The lowest BCUT2D eigenvalue weighted by atomic mass is 10.3. The maximum atomic E-state index is 11.9. The number of ether oxygens (including phenoxy) is 1. The van der Waals surface area contributed by atoms with Crippen molar-refractivity contribution in [2.75, 3.05) is 18.1 Å². The number of fused-ring (bicyclic) bond motifs is 1. The van der Waals surface area contributed by atoms with Crippen LogP contribution in [0.5, 0.6) is 5.75 Å². The Morgan fingerprint density at radius 1 is 1.58 bits per heavy atom. The molecular formula is C13H13BrN2O2S. The number of halogens is 1. The third-order valence-corrected chi connectivity index (χ3v) is 4.62. The number of thiazole rings is 1. The summed E-state index contributed by atoms with van der Waals surface area (Å²) in [5.41, 5.74) is 0.911. The highest BCUT2D eigenvalue weighted by atomic mass is 79.9. The third-order valence-electron chi connectivity index (χ3n) is 2.97. The van der Waals surface area contributed by atoms with Gasteiger partial charge in [0.05, 0.1) is 16.8 Å². The molecule has 0 radical (unpaired) electrons. The summed E-state index contributed by atoms with van der Waals surface area (Å²) in [5.74, 6) is 0.974. The van der Waals surface area contributed by atoms with E-state index in [1.807, 2.05) is 25.1 Å². The number of nitrogens with zero attached hydrogens (tertiary/aromatic N) is 2. The van der Waals surface area contributed by atoms with Gasteiger partial charge in [-0.1, -0.05) is 27.3 Å². The molecular weight excluding hydrogens is 328 g/mol. The summed E-state index contributed by atoms with van der Waals surface area (Å²) < 4.78 is 6.53. The smallest absolute Gasteiger partial charge is 0.230 e. The second-order valence-corrected chi connectivity index (χ2v) is 6.67. The van der Waals surface area contributed by atoms with E-state index < -0.39 is 0 Å². The van der Waals surface area contributed by atoms with Crippen LogP contribution in [0.4, 0.5) is 5.13 Å². The first-order valence-electron chi connectivity index (χ1n) is 6.15. The minimum atomic E-state index is 0.131. The van der Waals surface area contributed by atoms with Gasteiger partial charge in [-0.15, -0.1) is 0 Å². The Hall–Kier alpha value is -1.14. The molecule has 1 fully saturated rings. The lowest BCUT2D eigenvalue weighted by Crippen LogP contribution is -2.24. The number of anilines is 1. The molecule has 19 heavy (non-hydrogen) atoms. The maximum Gasteiger partial charge on any atom is 0.230 e. The van der Waals surface area contributed by atoms with Gasteiger partial charge in [-0.25, -0.2) is 4.98 Å². The summed E-state index contributed by atoms with van der Waals surface area (Å²) in [5, 5.41) is 0.774. The van der Waals surface area contributed by atoms with Crippen molar-refractivity contribution in [3.05, 3.63) is 18.2 Å². The zero-order valence-corrected chi connectivity index (χ0v) is 12.8. The van der Waals surface area contributed by atoms with Crippen molar-refractivity contribution >= 4 is 48.5 Å². The van der Waals surface area contributed by atoms with Gasteiger partial charge in [0.25, 0.3) is 0 Å². The highest BCUT2D eigenvalue weighted by molar-refractivity contribution is 9.09. The number of amides is 1. The Labute approximate surface area is 123 Å². The van der Waals surface area contributed by atoms with E-state index in [1.54, 1.807) is 4.90 Å². The number of carbonyl (C=O) groups is 1. The van der Waals surface area contributed by atoms with E-state index in [-0.39, 0.29) is 10.7 Å². The molecule has 0 aliphatic carbocycles. The minimum Gasteiger partial charge on any atom is -0.494 e. The molecule has 6 heteroatoms. The molecule has 1 atom stereocenters. The van der Waals surface area contributed by atoms with Crippen LogP contribution in [-0.4, -0.2) is 28.9 Å². The normalized spacial score (nSPS) is 19.4. The highest BCUT2D eigenvalue weighted by Crippen LogP contribution is 2.34. The van der Waals surface area contributed by atoms with Gasteiger partial charge in [0.2, 0.25) is 5.91 Å². The largest absolute Gasteiger partial charge is 0.494 e. The van der Waals surface area contributed by atoms with Gasteiger partial charge in [0.1, 0.15) is 5.75 Å². The Morgan fingerprint density at radius 2 is 2.42 bits per heavy atom. The van der Waals surface area contributed by atoms with Crippen molar-refractivity contribution in [1.29, 1.82) is 0 Å². The number of carbonyl (C=O) groups excluding carboxylic acids is 1. The van der Waals surface area contributed by atoms with E-state index in [4.69, 9.17) is 4.74 Å². The molecule has 1 saturated heterocycles. The van der Waals surface area contributed by atoms with Crippen LogP contribution in [0.25, 0.3) is 10.2 Å². The summed E-state index contributed by atoms with van der Waals surface area (Å²) in [6.45, 7) is 3.30. The Bertz CT molecular complexity index is 628. The third kappa shape index (κ3) is 2.47. The van der Waals surface area contributed by atoms with Crippen molar-refractivity contribution < 1.29 is 9.53 Å². The first-order valence-corrected chi connectivity index (χ1v) is 7.88. The fourth-order valence-electron chi connectivity index (χ4n) is 2.11. The number of rotatable bonds is 3. The van der Waals surface area contributed by atoms with E-state index >= 15 is 0 Å². The lowest BCUT2D eigenvalue weighted by molar-refractivity contribution is -0.117. The number of aromatic nitrogens is 1. The minimum absolute atomic E-state index is 0.131. The molecule has 1 aliphatic rings. The summed E-state index contributed by atoms with van der Waals surface area (Å²) >= 11 is 5.02. The maximum absolute atomic E-state index is 11.9. The van der Waals surface area contributed by atoms with Crippen LogP contribution < -0.4 is 9.64 Å². The molecule has 0 saturated carbocycles. The Morgan fingerprint density at radius 3 is 3.11 bits per heavy atom. The predicted molar refractivity (Wildman–Crippen MR) is 80.5 cm³/mol. The molecule has 0 N–H and O–H groups in total. The average molecular weight is 341 g/mol. The van der Waals surface area contributed by atoms with E-state index in [1.165, 1.54) is 11.3 Å². The number of hydrogen-bond acceptors (Lipinski definition) is 4. The quantitative estimate of drug-likeness (QED) is 0.806. The van der Waals surface area contributed by atoms with Gasteiger partial charge in [0, 0.05) is 17.8 Å². The molecule has 0 spiro atoms. The van der Waals surface area contributed by atoms with Crippen LogP contribution in [0.3, 0.4) is 0 Å². The number of hydrogen-bond donors (Lipinski definition) is 0. The highest BCUT2D eigenvalue weighted by Gasteiger charge is 2.30. The van der Waals surface area contributed by atoms with Crippen LogP contribution in [0, 0.1) is 0 Å². The van der Waals surface area contributed by atoms with Gasteiger partial charge in [-0.2, -0.15) is 0 Å². The van der Waals surface area contributed by atoms with E-state index in [0.29, 0.717) is 19.6 Å². The molecule has 3 rings (SSSR count). The first-order chi connectivity index (χ1) is 9.17. The van der Waals surface area contributed by atoms with Gasteiger partial charge in [-0.3, -0.25) is 9.69 Å². The standard InChI is InChI=1S/C13H13BrN2O2S/c1-2-18-9-3-4-10-11(6-9)19-13(15-10)16-7-8(14)5-12(16)17/h3-4,6,8H,2,5,7H2,1H3. The van der Waals surface area contributed by atoms with Crippen LogP contribution in [0.2, 0.25) is 0 Å². The molecule has 1 aliphatic heterocycles. The predicted octanol–water partition coefficient (Wildman–Crippen LogP) is 3.20.